The van der Waals surface area contributed by atoms with Crippen LogP contribution >= 0.6 is 18.1 Å². The van der Waals surface area contributed by atoms with Crippen LogP contribution in [0.1, 0.15) is 19.3 Å². The van der Waals surface area contributed by atoms with Gasteiger partial charge in [0.2, 0.25) is 5.88 Å². The number of hydrogen-bond acceptors (Lipinski definition) is 2. The molecule has 1 heterocycles. The first-order valence-electron chi connectivity index (χ1n) is 4.47. The van der Waals surface area contributed by atoms with E-state index in [-0.39, 0.29) is 0 Å². The second-order valence-corrected chi connectivity index (χ2v) is 5.49. The third-order valence-electron chi connectivity index (χ3n) is 1.93. The van der Waals surface area contributed by atoms with Crippen LogP contribution in [0.15, 0.2) is 18.3 Å². The van der Waals surface area contributed by atoms with E-state index in [9.17, 15) is 0 Å². The normalized spacial score (nSPS) is 14.4. The van der Waals surface area contributed by atoms with Crippen molar-refractivity contribution in [3.05, 3.63) is 24.4 Å². The van der Waals surface area contributed by atoms with Crippen LogP contribution in [0.4, 0.5) is 0 Å². The molecular formula is C9H10Cl2MgNO. The second-order valence-electron chi connectivity index (χ2n) is 2.87. The van der Waals surface area contributed by atoms with Crippen molar-refractivity contribution < 1.29 is 4.74 Å². The lowest BCUT2D eigenvalue weighted by Gasteiger charge is -2.25. The summed E-state index contributed by atoms with van der Waals surface area (Å²) in [6, 6.07) is 6.52. The predicted molar refractivity (Wildman–Crippen MR) is 58.8 cm³/mol. The number of ether oxygens (including phenoxy) is 1. The van der Waals surface area contributed by atoms with Gasteiger partial charge in [0.05, 0.1) is 0 Å². The van der Waals surface area contributed by atoms with Crippen molar-refractivity contribution in [2.45, 2.75) is 25.4 Å². The van der Waals surface area contributed by atoms with E-state index in [1.54, 1.807) is 6.20 Å². The van der Waals surface area contributed by atoms with E-state index in [1.165, 1.54) is 19.3 Å². The fourth-order valence-electron chi connectivity index (χ4n) is 1.04. The zero-order chi connectivity index (χ0) is 10.2. The Kier molecular flexibility index (Phi) is 6.69. The van der Waals surface area contributed by atoms with E-state index in [1.807, 2.05) is 12.1 Å². The zero-order valence-corrected chi connectivity index (χ0v) is 10.7. The smallest absolute Gasteiger partial charge is 0.474 e. The van der Waals surface area contributed by atoms with Crippen molar-refractivity contribution in [3.8, 4) is 5.88 Å². The van der Waals surface area contributed by atoms with E-state index in [4.69, 9.17) is 22.9 Å². The standard InChI is InChI=1S/C9H10NO.2ClH.Mg/c1-2-7-10-9(6-1)11-8-4-3-5-8;;;/h1,6-8H,3-5H2;2*1H;/q;;;+2/p-2. The van der Waals surface area contributed by atoms with Gasteiger partial charge in [-0.3, -0.25) is 0 Å². The maximum atomic E-state index is 5.52. The molecule has 5 heteroatoms. The Bertz CT molecular complexity index is 244. The summed E-state index contributed by atoms with van der Waals surface area (Å²) in [5, 5.41) is 0. The molecule has 1 aromatic rings. The van der Waals surface area contributed by atoms with Crippen LogP contribution in [0.3, 0.4) is 0 Å². The third-order valence-corrected chi connectivity index (χ3v) is 1.93. The molecule has 1 saturated carbocycles. The van der Waals surface area contributed by atoms with Crippen LogP contribution in [-0.2, 0) is 0 Å². The first-order valence-corrected chi connectivity index (χ1v) is 8.75. The van der Waals surface area contributed by atoms with Crippen molar-refractivity contribution in [3.63, 3.8) is 0 Å². The predicted octanol–water partition coefficient (Wildman–Crippen LogP) is 2.81. The molecule has 0 aliphatic heterocycles. The van der Waals surface area contributed by atoms with Crippen LogP contribution < -0.4 is 4.74 Å². The summed E-state index contributed by atoms with van der Waals surface area (Å²) in [4.78, 5) is 4.02. The zero-order valence-electron chi connectivity index (χ0n) is 7.75. The summed E-state index contributed by atoms with van der Waals surface area (Å²) in [6.45, 7) is 0. The molecule has 0 saturated heterocycles. The largest absolute Gasteiger partial charge is 0.618 e. The van der Waals surface area contributed by atoms with Gasteiger partial charge in [0.1, 0.15) is 6.10 Å². The molecule has 0 N–H and O–H groups in total. The van der Waals surface area contributed by atoms with Gasteiger partial charge in [0.25, 0.3) is 0 Å². The van der Waals surface area contributed by atoms with Gasteiger partial charge in [0.15, 0.2) is 0 Å². The van der Waals surface area contributed by atoms with Gasteiger partial charge < -0.3 is 22.9 Å². The maximum Gasteiger partial charge on any atom is 0.618 e. The summed E-state index contributed by atoms with van der Waals surface area (Å²) < 4.78 is 5.52. The fraction of sp³-hybridized carbons (Fsp3) is 0.444. The van der Waals surface area contributed by atoms with Crippen molar-refractivity contribution in [1.29, 1.82) is 0 Å². The van der Waals surface area contributed by atoms with E-state index >= 15 is 0 Å². The molecule has 1 radical (unpaired) electrons. The Morgan fingerprint density at radius 1 is 1.50 bits per heavy atom. The SMILES string of the molecule is [Cl][Mg][Cl].[c]1ccc(OC2CCC2)nc1. The number of halogens is 2. The Labute approximate surface area is 101 Å². The van der Waals surface area contributed by atoms with E-state index in [0.29, 0.717) is 6.10 Å². The first-order chi connectivity index (χ1) is 6.86. The van der Waals surface area contributed by atoms with Crippen molar-refractivity contribution in [2.24, 2.45) is 0 Å². The summed E-state index contributed by atoms with van der Waals surface area (Å²) in [6.07, 6.45) is 5.71. The third kappa shape index (κ3) is 4.69. The molecule has 0 atom stereocenters. The van der Waals surface area contributed by atoms with Crippen molar-refractivity contribution >= 4 is 36.3 Å². The molecule has 14 heavy (non-hydrogen) atoms. The fourth-order valence-corrected chi connectivity index (χ4v) is 1.04. The summed E-state index contributed by atoms with van der Waals surface area (Å²) in [5.41, 5.74) is 0. The highest BCUT2D eigenvalue weighted by atomic mass is 35.6. The summed E-state index contributed by atoms with van der Waals surface area (Å²) >= 11 is -0.639. The Balaban J connectivity index is 0.000000293. The van der Waals surface area contributed by atoms with Gasteiger partial charge in [-0.05, 0) is 25.3 Å². The van der Waals surface area contributed by atoms with Crippen molar-refractivity contribution in [2.75, 3.05) is 0 Å². The van der Waals surface area contributed by atoms with Crippen LogP contribution in [0, 0.1) is 6.07 Å². The number of aromatic nitrogens is 1. The van der Waals surface area contributed by atoms with Crippen LogP contribution in [0.25, 0.3) is 0 Å². The molecule has 1 aliphatic carbocycles. The molecule has 0 spiro atoms. The van der Waals surface area contributed by atoms with Gasteiger partial charge in [0, 0.05) is 18.3 Å². The van der Waals surface area contributed by atoms with Crippen LogP contribution in [-0.4, -0.2) is 29.3 Å². The van der Waals surface area contributed by atoms with Gasteiger partial charge in [-0.1, -0.05) is 0 Å². The minimum atomic E-state index is -0.639. The van der Waals surface area contributed by atoms with E-state index < -0.39 is 18.2 Å². The average molecular weight is 243 g/mol. The number of rotatable bonds is 2. The highest BCUT2D eigenvalue weighted by Crippen LogP contribution is 2.23. The lowest BCUT2D eigenvalue weighted by atomic mass is 9.96. The lowest BCUT2D eigenvalue weighted by Crippen LogP contribution is -2.24. The number of pyridine rings is 1. The van der Waals surface area contributed by atoms with Gasteiger partial charge in [-0.2, -0.15) is 0 Å². The van der Waals surface area contributed by atoms with Gasteiger partial charge in [-0.15, -0.1) is 0 Å². The minimum absolute atomic E-state index is 0.421. The molecule has 1 fully saturated rings. The van der Waals surface area contributed by atoms with Gasteiger partial charge in [-0.25, -0.2) is 4.98 Å². The maximum absolute atomic E-state index is 5.52. The van der Waals surface area contributed by atoms with Crippen molar-refractivity contribution in [1.82, 2.24) is 4.98 Å². The quantitative estimate of drug-likeness (QED) is 0.745. The molecule has 2 rings (SSSR count). The molecule has 0 unspecified atom stereocenters. The molecule has 0 amide bonds. The first kappa shape index (κ1) is 12.4. The average Bonchev–Trinajstić information content (AvgIpc) is 2.15. The molecule has 73 valence electrons. The Morgan fingerprint density at radius 3 is 2.64 bits per heavy atom. The number of hydrogen-bond donors (Lipinski definition) is 0. The highest BCUT2D eigenvalue weighted by Gasteiger charge is 2.18. The van der Waals surface area contributed by atoms with Crippen LogP contribution in [0.5, 0.6) is 5.88 Å². The van der Waals surface area contributed by atoms with E-state index in [0.717, 1.165) is 5.88 Å². The second kappa shape index (κ2) is 7.57. The summed E-state index contributed by atoms with van der Waals surface area (Å²) in [5.74, 6) is 0.730. The minimum Gasteiger partial charge on any atom is -0.474 e. The molecule has 0 bridgehead atoms. The number of nitrogens with zero attached hydrogens (tertiary/aromatic N) is 1. The lowest BCUT2D eigenvalue weighted by molar-refractivity contribution is 0.114. The molecule has 0 aromatic carbocycles. The Morgan fingerprint density at radius 2 is 2.21 bits per heavy atom. The van der Waals surface area contributed by atoms with E-state index in [2.05, 4.69) is 11.1 Å². The molecule has 1 aromatic heterocycles. The molecule has 2 nitrogen and oxygen atoms in total. The van der Waals surface area contributed by atoms with Gasteiger partial charge >= 0.3 is 18.2 Å². The summed E-state index contributed by atoms with van der Waals surface area (Å²) in [7, 11) is 9.81. The topological polar surface area (TPSA) is 22.1 Å². The monoisotopic (exact) mass is 242 g/mol. The highest BCUT2D eigenvalue weighted by molar-refractivity contribution is 7.22. The van der Waals surface area contributed by atoms with Crippen LogP contribution in [0.2, 0.25) is 0 Å². The molecular weight excluding hydrogens is 233 g/mol. The molecule has 1 aliphatic rings. The Hall–Kier alpha value is 0.296.